The Morgan fingerprint density at radius 3 is 2.41 bits per heavy atom. The van der Waals surface area contributed by atoms with E-state index in [1.54, 1.807) is 19.1 Å². The zero-order valence-electron chi connectivity index (χ0n) is 12.9. The van der Waals surface area contributed by atoms with Crippen molar-refractivity contribution in [1.82, 2.24) is 10.3 Å². The van der Waals surface area contributed by atoms with E-state index in [4.69, 9.17) is 0 Å². The highest BCUT2D eigenvalue weighted by molar-refractivity contribution is 6.02. The molecule has 0 aliphatic rings. The van der Waals surface area contributed by atoms with Gasteiger partial charge in [-0.25, -0.2) is 4.39 Å². The number of rotatable bonds is 5. The molecule has 1 aromatic carbocycles. The molecular formula is C17H19FN2O2. The third kappa shape index (κ3) is 3.24. The fourth-order valence-corrected chi connectivity index (χ4v) is 2.57. The molecule has 0 saturated carbocycles. The molecule has 0 fully saturated rings. The molecule has 0 bridgehead atoms. The van der Waals surface area contributed by atoms with Gasteiger partial charge in [-0.1, -0.05) is 19.1 Å². The number of aromatic amines is 1. The summed E-state index contributed by atoms with van der Waals surface area (Å²) in [4.78, 5) is 27.0. The second-order valence-corrected chi connectivity index (χ2v) is 5.20. The Labute approximate surface area is 128 Å². The summed E-state index contributed by atoms with van der Waals surface area (Å²) in [5.41, 5.74) is 3.27. The van der Waals surface area contributed by atoms with Gasteiger partial charge in [0.15, 0.2) is 5.78 Å². The summed E-state index contributed by atoms with van der Waals surface area (Å²) in [6.07, 6.45) is 0.596. The van der Waals surface area contributed by atoms with Crippen molar-refractivity contribution in [2.24, 2.45) is 0 Å². The SMILES string of the molecule is CCc1c(C(=O)NCc2ccc(F)cc2)[nH]c(C)c1C(C)=O. The molecule has 1 amide bonds. The molecule has 0 aliphatic heterocycles. The van der Waals surface area contributed by atoms with E-state index >= 15 is 0 Å². The summed E-state index contributed by atoms with van der Waals surface area (Å²) in [5, 5.41) is 2.78. The van der Waals surface area contributed by atoms with Crippen molar-refractivity contribution >= 4 is 11.7 Å². The van der Waals surface area contributed by atoms with E-state index in [9.17, 15) is 14.0 Å². The second kappa shape index (κ2) is 6.56. The molecule has 2 aromatic rings. The summed E-state index contributed by atoms with van der Waals surface area (Å²) >= 11 is 0. The second-order valence-electron chi connectivity index (χ2n) is 5.20. The van der Waals surface area contributed by atoms with E-state index < -0.39 is 0 Å². The highest BCUT2D eigenvalue weighted by Gasteiger charge is 2.21. The van der Waals surface area contributed by atoms with Crippen molar-refractivity contribution in [3.8, 4) is 0 Å². The van der Waals surface area contributed by atoms with Crippen LogP contribution >= 0.6 is 0 Å². The van der Waals surface area contributed by atoms with Crippen LogP contribution in [-0.4, -0.2) is 16.7 Å². The molecule has 1 aromatic heterocycles. The lowest BCUT2D eigenvalue weighted by Crippen LogP contribution is -2.24. The van der Waals surface area contributed by atoms with Gasteiger partial charge in [-0.05, 0) is 43.5 Å². The van der Waals surface area contributed by atoms with E-state index in [1.165, 1.54) is 19.1 Å². The molecular weight excluding hydrogens is 283 g/mol. The van der Waals surface area contributed by atoms with Crippen LogP contribution in [0.1, 0.15) is 51.5 Å². The number of aromatic nitrogens is 1. The van der Waals surface area contributed by atoms with E-state index in [2.05, 4.69) is 10.3 Å². The first-order chi connectivity index (χ1) is 10.4. The molecule has 4 nitrogen and oxygen atoms in total. The molecule has 0 saturated heterocycles. The van der Waals surface area contributed by atoms with Gasteiger partial charge < -0.3 is 10.3 Å². The molecule has 22 heavy (non-hydrogen) atoms. The average molecular weight is 302 g/mol. The Hall–Kier alpha value is -2.43. The van der Waals surface area contributed by atoms with Crippen LogP contribution < -0.4 is 5.32 Å². The number of aryl methyl sites for hydroxylation is 1. The Morgan fingerprint density at radius 2 is 1.86 bits per heavy atom. The van der Waals surface area contributed by atoms with Crippen molar-refractivity contribution in [1.29, 1.82) is 0 Å². The molecule has 0 aliphatic carbocycles. The fourth-order valence-electron chi connectivity index (χ4n) is 2.57. The van der Waals surface area contributed by atoms with Gasteiger partial charge in [0.1, 0.15) is 11.5 Å². The Bertz CT molecular complexity index is 702. The van der Waals surface area contributed by atoms with Gasteiger partial charge in [-0.15, -0.1) is 0 Å². The zero-order valence-corrected chi connectivity index (χ0v) is 12.9. The minimum absolute atomic E-state index is 0.0526. The van der Waals surface area contributed by atoms with E-state index in [0.717, 1.165) is 11.1 Å². The summed E-state index contributed by atoms with van der Waals surface area (Å²) in [7, 11) is 0. The minimum Gasteiger partial charge on any atom is -0.354 e. The first-order valence-electron chi connectivity index (χ1n) is 7.19. The quantitative estimate of drug-likeness (QED) is 0.833. The van der Waals surface area contributed by atoms with Crippen LogP contribution in [0.5, 0.6) is 0 Å². The third-order valence-corrected chi connectivity index (χ3v) is 3.59. The highest BCUT2D eigenvalue weighted by atomic mass is 19.1. The number of carbonyl (C=O) groups excluding carboxylic acids is 2. The van der Waals surface area contributed by atoms with Gasteiger partial charge in [0.05, 0.1) is 0 Å². The van der Waals surface area contributed by atoms with Gasteiger partial charge in [0.2, 0.25) is 0 Å². The number of nitrogens with one attached hydrogen (secondary N) is 2. The van der Waals surface area contributed by atoms with Crippen molar-refractivity contribution in [3.05, 3.63) is 58.2 Å². The van der Waals surface area contributed by atoms with Crippen LogP contribution in [0.25, 0.3) is 0 Å². The monoisotopic (exact) mass is 302 g/mol. The van der Waals surface area contributed by atoms with Crippen LogP contribution in [0, 0.1) is 12.7 Å². The van der Waals surface area contributed by atoms with Crippen molar-refractivity contribution in [2.45, 2.75) is 33.7 Å². The summed E-state index contributed by atoms with van der Waals surface area (Å²) in [6.45, 7) is 5.49. The number of benzene rings is 1. The van der Waals surface area contributed by atoms with Gasteiger partial charge in [0.25, 0.3) is 5.91 Å². The number of amides is 1. The Balaban J connectivity index is 2.17. The number of hydrogen-bond acceptors (Lipinski definition) is 2. The molecule has 0 spiro atoms. The maximum absolute atomic E-state index is 12.8. The predicted octanol–water partition coefficient (Wildman–Crippen LogP) is 3.16. The molecule has 2 N–H and O–H groups in total. The molecule has 2 rings (SSSR count). The maximum atomic E-state index is 12.8. The van der Waals surface area contributed by atoms with E-state index in [0.29, 0.717) is 29.9 Å². The smallest absolute Gasteiger partial charge is 0.268 e. The lowest BCUT2D eigenvalue weighted by molar-refractivity contribution is 0.0945. The Kier molecular flexibility index (Phi) is 4.75. The first kappa shape index (κ1) is 15.9. The minimum atomic E-state index is -0.311. The molecule has 0 atom stereocenters. The predicted molar refractivity (Wildman–Crippen MR) is 82.5 cm³/mol. The maximum Gasteiger partial charge on any atom is 0.268 e. The first-order valence-corrected chi connectivity index (χ1v) is 7.19. The van der Waals surface area contributed by atoms with Gasteiger partial charge in [-0.3, -0.25) is 9.59 Å². The van der Waals surface area contributed by atoms with Crippen LogP contribution in [0.3, 0.4) is 0 Å². The van der Waals surface area contributed by atoms with Crippen LogP contribution in [0.15, 0.2) is 24.3 Å². The standard InChI is InChI=1S/C17H19FN2O2/c1-4-14-15(11(3)21)10(2)20-16(14)17(22)19-9-12-5-7-13(18)8-6-12/h5-8,20H,4,9H2,1-3H3,(H,19,22). The lowest BCUT2D eigenvalue weighted by atomic mass is 10.0. The van der Waals surface area contributed by atoms with Crippen molar-refractivity contribution in [2.75, 3.05) is 0 Å². The Morgan fingerprint density at radius 1 is 1.23 bits per heavy atom. The van der Waals surface area contributed by atoms with E-state index in [1.807, 2.05) is 6.92 Å². The third-order valence-electron chi connectivity index (χ3n) is 3.59. The van der Waals surface area contributed by atoms with Gasteiger partial charge in [-0.2, -0.15) is 0 Å². The number of carbonyl (C=O) groups is 2. The topological polar surface area (TPSA) is 62.0 Å². The van der Waals surface area contributed by atoms with Crippen LogP contribution in [0.2, 0.25) is 0 Å². The normalized spacial score (nSPS) is 10.5. The van der Waals surface area contributed by atoms with Crippen molar-refractivity contribution in [3.63, 3.8) is 0 Å². The van der Waals surface area contributed by atoms with Crippen LogP contribution in [0.4, 0.5) is 4.39 Å². The number of hydrogen-bond donors (Lipinski definition) is 2. The van der Waals surface area contributed by atoms with Crippen LogP contribution in [-0.2, 0) is 13.0 Å². The van der Waals surface area contributed by atoms with Crippen molar-refractivity contribution < 1.29 is 14.0 Å². The summed E-state index contributed by atoms with van der Waals surface area (Å²) in [6, 6.07) is 5.95. The summed E-state index contributed by atoms with van der Waals surface area (Å²) in [5.74, 6) is -0.630. The van der Waals surface area contributed by atoms with Gasteiger partial charge >= 0.3 is 0 Å². The fraction of sp³-hybridized carbons (Fsp3) is 0.294. The molecule has 0 unspecified atom stereocenters. The molecule has 116 valence electrons. The van der Waals surface area contributed by atoms with E-state index in [-0.39, 0.29) is 17.5 Å². The lowest BCUT2D eigenvalue weighted by Gasteiger charge is -2.06. The summed E-state index contributed by atoms with van der Waals surface area (Å²) < 4.78 is 12.8. The molecule has 1 heterocycles. The number of halogens is 1. The number of H-pyrrole nitrogens is 1. The largest absolute Gasteiger partial charge is 0.354 e. The van der Waals surface area contributed by atoms with Gasteiger partial charge in [0, 0.05) is 17.8 Å². The zero-order chi connectivity index (χ0) is 16.3. The highest BCUT2D eigenvalue weighted by Crippen LogP contribution is 2.20. The number of ketones is 1. The average Bonchev–Trinajstić information content (AvgIpc) is 2.83. The molecule has 0 radical (unpaired) electrons. The molecule has 5 heteroatoms. The number of Topliss-reactive ketones (excluding diaryl/α,β-unsaturated/α-hetero) is 1.